The Hall–Kier alpha value is -2.30. The third kappa shape index (κ3) is 6.85. The lowest BCUT2D eigenvalue weighted by Crippen LogP contribution is -2.14. The van der Waals surface area contributed by atoms with Gasteiger partial charge in [-0.15, -0.1) is 16.9 Å². The molecule has 1 amide bonds. The van der Waals surface area contributed by atoms with Crippen molar-refractivity contribution in [3.8, 4) is 0 Å². The van der Waals surface area contributed by atoms with Crippen LogP contribution in [0.2, 0.25) is 0 Å². The third-order valence-electron chi connectivity index (χ3n) is 4.74. The first kappa shape index (κ1) is 22.9. The zero-order valence-corrected chi connectivity index (χ0v) is 20.5. The highest BCUT2D eigenvalue weighted by Crippen LogP contribution is 2.30. The largest absolute Gasteiger partial charge is 0.324 e. The Labute approximate surface area is 203 Å². The van der Waals surface area contributed by atoms with Gasteiger partial charge in [0, 0.05) is 20.8 Å². The van der Waals surface area contributed by atoms with E-state index < -0.39 is 0 Å². The number of thioether (sulfide) groups is 2. The van der Waals surface area contributed by atoms with Crippen molar-refractivity contribution < 1.29 is 4.79 Å². The van der Waals surface area contributed by atoms with Crippen molar-refractivity contribution >= 4 is 62.7 Å². The van der Waals surface area contributed by atoms with Gasteiger partial charge in [-0.1, -0.05) is 52.0 Å². The van der Waals surface area contributed by atoms with Gasteiger partial charge in [-0.25, -0.2) is 10.5 Å². The van der Waals surface area contributed by atoms with Crippen molar-refractivity contribution in [2.24, 2.45) is 5.10 Å². The molecule has 4 rings (SSSR count). The normalized spacial score (nSPS) is 13.2. The SMILES string of the molecule is O=C(CSc1n[nH]c(NN=C2CCCC2)n1)Nc1ccccc1SCc1cccc(Br)c1. The van der Waals surface area contributed by atoms with Gasteiger partial charge in [0.05, 0.1) is 11.4 Å². The summed E-state index contributed by atoms with van der Waals surface area (Å²) in [6.45, 7) is 0. The number of halogens is 1. The number of nitrogens with zero attached hydrogens (tertiary/aromatic N) is 3. The van der Waals surface area contributed by atoms with Crippen LogP contribution in [-0.2, 0) is 10.5 Å². The predicted molar refractivity (Wildman–Crippen MR) is 135 cm³/mol. The van der Waals surface area contributed by atoms with Gasteiger partial charge in [0.2, 0.25) is 17.0 Å². The molecule has 1 aliphatic rings. The number of carbonyl (C=O) groups is 1. The fourth-order valence-corrected chi connectivity index (χ4v) is 5.18. The number of aromatic nitrogens is 3. The van der Waals surface area contributed by atoms with E-state index in [1.165, 1.54) is 30.2 Å². The fraction of sp³-hybridized carbons (Fsp3) is 0.273. The summed E-state index contributed by atoms with van der Waals surface area (Å²) in [7, 11) is 0. The molecule has 166 valence electrons. The maximum absolute atomic E-state index is 12.5. The Bertz CT molecular complexity index is 1100. The Morgan fingerprint density at radius 2 is 1.97 bits per heavy atom. The molecule has 1 saturated carbocycles. The number of carbonyl (C=O) groups excluding carboxylic acids is 1. The van der Waals surface area contributed by atoms with E-state index in [9.17, 15) is 4.79 Å². The zero-order valence-electron chi connectivity index (χ0n) is 17.3. The minimum Gasteiger partial charge on any atom is -0.324 e. The molecule has 1 aromatic heterocycles. The van der Waals surface area contributed by atoms with Gasteiger partial charge in [0.15, 0.2) is 0 Å². The van der Waals surface area contributed by atoms with E-state index in [1.807, 2.05) is 36.4 Å². The lowest BCUT2D eigenvalue weighted by Gasteiger charge is -2.10. The lowest BCUT2D eigenvalue weighted by molar-refractivity contribution is -0.113. The molecule has 0 bridgehead atoms. The highest BCUT2D eigenvalue weighted by Gasteiger charge is 2.12. The van der Waals surface area contributed by atoms with E-state index in [1.54, 1.807) is 11.8 Å². The minimum atomic E-state index is -0.101. The van der Waals surface area contributed by atoms with Gasteiger partial charge < -0.3 is 5.32 Å². The van der Waals surface area contributed by atoms with E-state index in [2.05, 4.69) is 59.1 Å². The summed E-state index contributed by atoms with van der Waals surface area (Å²) in [5.41, 5.74) is 6.09. The number of hydrogen-bond donors (Lipinski definition) is 3. The van der Waals surface area contributed by atoms with Gasteiger partial charge in [0.1, 0.15) is 0 Å². The molecule has 1 heterocycles. The van der Waals surface area contributed by atoms with Gasteiger partial charge in [-0.2, -0.15) is 10.1 Å². The van der Waals surface area contributed by atoms with Crippen LogP contribution in [0.4, 0.5) is 11.6 Å². The Morgan fingerprint density at radius 3 is 2.81 bits per heavy atom. The van der Waals surface area contributed by atoms with E-state index in [0.717, 1.165) is 39.4 Å². The number of para-hydroxylation sites is 1. The van der Waals surface area contributed by atoms with Gasteiger partial charge in [-0.3, -0.25) is 4.79 Å². The van der Waals surface area contributed by atoms with Crippen molar-refractivity contribution in [1.82, 2.24) is 15.2 Å². The number of hydrazone groups is 1. The predicted octanol–water partition coefficient (Wildman–Crippen LogP) is 5.93. The molecule has 1 aliphatic carbocycles. The summed E-state index contributed by atoms with van der Waals surface area (Å²) in [5, 5.41) is 14.8. The maximum atomic E-state index is 12.5. The molecule has 32 heavy (non-hydrogen) atoms. The monoisotopic (exact) mass is 530 g/mol. The van der Waals surface area contributed by atoms with Gasteiger partial charge in [0.25, 0.3) is 0 Å². The van der Waals surface area contributed by atoms with Crippen LogP contribution in [0.25, 0.3) is 0 Å². The molecule has 10 heteroatoms. The second-order valence-electron chi connectivity index (χ2n) is 7.22. The number of nitrogens with one attached hydrogen (secondary N) is 3. The number of hydrogen-bond acceptors (Lipinski definition) is 7. The van der Waals surface area contributed by atoms with Crippen molar-refractivity contribution in [3.63, 3.8) is 0 Å². The van der Waals surface area contributed by atoms with Gasteiger partial charge in [-0.05, 0) is 55.5 Å². The first-order valence-electron chi connectivity index (χ1n) is 10.3. The molecule has 0 saturated heterocycles. The molecular formula is C22H23BrN6OS2. The number of H-pyrrole nitrogens is 1. The Morgan fingerprint density at radius 1 is 1.12 bits per heavy atom. The van der Waals surface area contributed by atoms with E-state index in [-0.39, 0.29) is 11.7 Å². The molecule has 0 aliphatic heterocycles. The summed E-state index contributed by atoms with van der Waals surface area (Å²) >= 11 is 6.48. The summed E-state index contributed by atoms with van der Waals surface area (Å²) in [4.78, 5) is 17.9. The first-order chi connectivity index (χ1) is 15.7. The van der Waals surface area contributed by atoms with Crippen molar-refractivity contribution in [3.05, 3.63) is 58.6 Å². The minimum absolute atomic E-state index is 0.101. The fourth-order valence-electron chi connectivity index (χ4n) is 3.19. The molecule has 7 nitrogen and oxygen atoms in total. The van der Waals surface area contributed by atoms with Crippen LogP contribution in [0.15, 0.2) is 68.2 Å². The third-order valence-corrected chi connectivity index (χ3v) is 7.23. The van der Waals surface area contributed by atoms with Crippen molar-refractivity contribution in [1.29, 1.82) is 0 Å². The van der Waals surface area contributed by atoms with Crippen molar-refractivity contribution in [2.45, 2.75) is 41.5 Å². The lowest BCUT2D eigenvalue weighted by atomic mass is 10.2. The number of anilines is 2. The Balaban J connectivity index is 1.27. The highest BCUT2D eigenvalue weighted by atomic mass is 79.9. The van der Waals surface area contributed by atoms with Crippen LogP contribution < -0.4 is 10.7 Å². The van der Waals surface area contributed by atoms with Crippen LogP contribution in [0.1, 0.15) is 31.2 Å². The summed E-state index contributed by atoms with van der Waals surface area (Å²) in [6, 6.07) is 16.1. The van der Waals surface area contributed by atoms with E-state index in [0.29, 0.717) is 11.1 Å². The average Bonchev–Trinajstić information content (AvgIpc) is 3.48. The summed E-state index contributed by atoms with van der Waals surface area (Å²) < 4.78 is 1.06. The van der Waals surface area contributed by atoms with E-state index >= 15 is 0 Å². The maximum Gasteiger partial charge on any atom is 0.240 e. The highest BCUT2D eigenvalue weighted by molar-refractivity contribution is 9.10. The second-order valence-corrected chi connectivity index (χ2v) is 10.1. The van der Waals surface area contributed by atoms with Crippen LogP contribution in [-0.4, -0.2) is 32.6 Å². The van der Waals surface area contributed by atoms with E-state index in [4.69, 9.17) is 0 Å². The van der Waals surface area contributed by atoms with Gasteiger partial charge >= 0.3 is 0 Å². The number of benzene rings is 2. The number of amides is 1. The summed E-state index contributed by atoms with van der Waals surface area (Å²) in [5.74, 6) is 1.42. The molecule has 2 aromatic carbocycles. The first-order valence-corrected chi connectivity index (χ1v) is 13.0. The molecule has 3 N–H and O–H groups in total. The zero-order chi connectivity index (χ0) is 22.2. The average molecular weight is 532 g/mol. The van der Waals surface area contributed by atoms with Crippen LogP contribution in [0.5, 0.6) is 0 Å². The molecule has 0 radical (unpaired) electrons. The molecule has 1 fully saturated rings. The van der Waals surface area contributed by atoms with Crippen LogP contribution in [0.3, 0.4) is 0 Å². The molecular weight excluding hydrogens is 508 g/mol. The van der Waals surface area contributed by atoms with Crippen LogP contribution in [0, 0.1) is 0 Å². The van der Waals surface area contributed by atoms with Crippen LogP contribution >= 0.6 is 39.5 Å². The molecule has 0 spiro atoms. The smallest absolute Gasteiger partial charge is 0.240 e. The topological polar surface area (TPSA) is 95.1 Å². The second kappa shape index (κ2) is 11.5. The number of aromatic amines is 1. The Kier molecular flexibility index (Phi) is 8.24. The summed E-state index contributed by atoms with van der Waals surface area (Å²) in [6.07, 6.45) is 4.45. The molecule has 0 unspecified atom stereocenters. The molecule has 3 aromatic rings. The number of rotatable bonds is 9. The quantitative estimate of drug-likeness (QED) is 0.234. The van der Waals surface area contributed by atoms with Crippen molar-refractivity contribution in [2.75, 3.05) is 16.5 Å². The molecule has 0 atom stereocenters. The standard InChI is InChI=1S/C22H23BrN6OS2/c23-16-7-5-6-15(12-16)13-31-19-11-4-3-10-18(19)24-20(30)14-32-22-25-21(28-29-22)27-26-17-8-1-2-9-17/h3-7,10-12H,1-2,8-9,13-14H2,(H,24,30)(H2,25,27,28,29).